The van der Waals surface area contributed by atoms with Crippen LogP contribution in [0.15, 0.2) is 30.3 Å². The fourth-order valence-corrected chi connectivity index (χ4v) is 3.51. The molecule has 3 rings (SSSR count). The van der Waals surface area contributed by atoms with Crippen molar-refractivity contribution in [2.24, 2.45) is 11.8 Å². The number of hydrogen-bond donors (Lipinski definition) is 1. The van der Waals surface area contributed by atoms with Crippen molar-refractivity contribution in [2.75, 3.05) is 13.1 Å². The summed E-state index contributed by atoms with van der Waals surface area (Å²) in [4.78, 5) is 26.6. The molecule has 0 aromatic heterocycles. The lowest BCUT2D eigenvalue weighted by atomic mass is 9.81. The minimum Gasteiger partial charge on any atom is -0.353 e. The van der Waals surface area contributed by atoms with Gasteiger partial charge in [0.15, 0.2) is 0 Å². The second-order valence-corrected chi connectivity index (χ2v) is 6.88. The predicted molar refractivity (Wildman–Crippen MR) is 90.0 cm³/mol. The highest BCUT2D eigenvalue weighted by Crippen LogP contribution is 2.30. The van der Waals surface area contributed by atoms with Gasteiger partial charge in [0.25, 0.3) is 5.91 Å². The van der Waals surface area contributed by atoms with Crippen molar-refractivity contribution in [3.05, 3.63) is 35.9 Å². The first kappa shape index (κ1) is 16.0. The van der Waals surface area contributed by atoms with Crippen molar-refractivity contribution in [3.63, 3.8) is 0 Å². The zero-order valence-electron chi connectivity index (χ0n) is 13.8. The summed E-state index contributed by atoms with van der Waals surface area (Å²) < 4.78 is 0. The van der Waals surface area contributed by atoms with Crippen LogP contribution >= 0.6 is 0 Å². The topological polar surface area (TPSA) is 49.4 Å². The Labute approximate surface area is 138 Å². The monoisotopic (exact) mass is 314 g/mol. The summed E-state index contributed by atoms with van der Waals surface area (Å²) in [5.41, 5.74) is 0.757. The molecule has 2 amide bonds. The quantitative estimate of drug-likeness (QED) is 0.908. The zero-order chi connectivity index (χ0) is 16.2. The molecule has 1 N–H and O–H groups in total. The highest BCUT2D eigenvalue weighted by Gasteiger charge is 2.33. The van der Waals surface area contributed by atoms with Crippen LogP contribution in [0.1, 0.15) is 49.4 Å². The molecule has 4 nitrogen and oxygen atoms in total. The van der Waals surface area contributed by atoms with Gasteiger partial charge >= 0.3 is 0 Å². The molecule has 1 saturated carbocycles. The Hall–Kier alpha value is -1.84. The summed E-state index contributed by atoms with van der Waals surface area (Å²) in [7, 11) is 0. The number of amides is 2. The maximum absolute atomic E-state index is 12.6. The summed E-state index contributed by atoms with van der Waals surface area (Å²) in [6, 6.07) is 9.91. The Bertz CT molecular complexity index is 554. The van der Waals surface area contributed by atoms with Crippen LogP contribution in [-0.2, 0) is 4.79 Å². The van der Waals surface area contributed by atoms with Crippen LogP contribution in [0.25, 0.3) is 0 Å². The molecule has 0 unspecified atom stereocenters. The van der Waals surface area contributed by atoms with Gasteiger partial charge in [-0.25, -0.2) is 0 Å². The van der Waals surface area contributed by atoms with Crippen LogP contribution in [0.3, 0.4) is 0 Å². The number of piperidine rings is 1. The summed E-state index contributed by atoms with van der Waals surface area (Å²) in [5, 5.41) is 3.09. The lowest BCUT2D eigenvalue weighted by molar-refractivity contribution is -0.123. The summed E-state index contributed by atoms with van der Waals surface area (Å²) >= 11 is 0. The lowest BCUT2D eigenvalue weighted by Crippen LogP contribution is -2.45. The fraction of sp³-hybridized carbons (Fsp3) is 0.579. The molecule has 0 spiro atoms. The van der Waals surface area contributed by atoms with Gasteiger partial charge in [0.2, 0.25) is 5.91 Å². The van der Waals surface area contributed by atoms with Crippen molar-refractivity contribution in [2.45, 2.75) is 45.1 Å². The van der Waals surface area contributed by atoms with Gasteiger partial charge in [0, 0.05) is 31.1 Å². The lowest BCUT2D eigenvalue weighted by Gasteiger charge is -2.38. The van der Waals surface area contributed by atoms with Gasteiger partial charge in [-0.05, 0) is 43.2 Å². The van der Waals surface area contributed by atoms with Gasteiger partial charge in [0.05, 0.1) is 0 Å². The number of nitrogens with one attached hydrogen (secondary N) is 1. The Balaban J connectivity index is 1.57. The summed E-state index contributed by atoms with van der Waals surface area (Å²) in [6.07, 6.45) is 4.82. The highest BCUT2D eigenvalue weighted by atomic mass is 16.2. The second kappa shape index (κ2) is 7.16. The molecule has 124 valence electrons. The molecule has 2 atom stereocenters. The second-order valence-electron chi connectivity index (χ2n) is 6.88. The molecule has 1 heterocycles. The molecule has 1 aromatic rings. The number of carbonyl (C=O) groups is 2. The molecule has 1 aromatic carbocycles. The maximum Gasteiger partial charge on any atom is 0.253 e. The van der Waals surface area contributed by atoms with Gasteiger partial charge in [-0.15, -0.1) is 0 Å². The fourth-order valence-electron chi connectivity index (χ4n) is 3.51. The Morgan fingerprint density at radius 2 is 1.87 bits per heavy atom. The van der Waals surface area contributed by atoms with Crippen LogP contribution in [0.5, 0.6) is 0 Å². The predicted octanol–water partition coefficient (Wildman–Crippen LogP) is 2.84. The number of hydrogen-bond acceptors (Lipinski definition) is 2. The molecule has 0 radical (unpaired) electrons. The molecular formula is C19H26N2O2. The van der Waals surface area contributed by atoms with E-state index in [2.05, 4.69) is 12.2 Å². The van der Waals surface area contributed by atoms with Crippen molar-refractivity contribution in [3.8, 4) is 0 Å². The molecule has 1 saturated heterocycles. The average Bonchev–Trinajstić information content (AvgIpc) is 3.39. The number of likely N-dealkylation sites (tertiary alicyclic amines) is 1. The van der Waals surface area contributed by atoms with Crippen molar-refractivity contribution in [1.82, 2.24) is 10.2 Å². The van der Waals surface area contributed by atoms with E-state index < -0.39 is 0 Å². The van der Waals surface area contributed by atoms with E-state index in [9.17, 15) is 9.59 Å². The van der Waals surface area contributed by atoms with Gasteiger partial charge < -0.3 is 10.2 Å². The standard InChI is InChI=1S/C19H26N2O2/c1-2-14-13-21(19(23)15-6-4-3-5-7-15)11-10-16(14)12-18(22)20-17-8-9-17/h3-7,14,16-17H,2,8-13H2,1H3,(H,20,22)/t14-,16+/m1/s1. The van der Waals surface area contributed by atoms with E-state index in [0.29, 0.717) is 24.3 Å². The van der Waals surface area contributed by atoms with Gasteiger partial charge in [-0.2, -0.15) is 0 Å². The van der Waals surface area contributed by atoms with E-state index in [1.807, 2.05) is 35.2 Å². The third-order valence-electron chi connectivity index (χ3n) is 5.11. The first-order valence-corrected chi connectivity index (χ1v) is 8.81. The molecular weight excluding hydrogens is 288 g/mol. The first-order chi connectivity index (χ1) is 11.2. The zero-order valence-corrected chi connectivity index (χ0v) is 13.8. The molecule has 0 bridgehead atoms. The largest absolute Gasteiger partial charge is 0.353 e. The van der Waals surface area contributed by atoms with E-state index in [1.54, 1.807) is 0 Å². The minimum absolute atomic E-state index is 0.116. The van der Waals surface area contributed by atoms with Crippen LogP contribution in [0.4, 0.5) is 0 Å². The molecule has 1 aliphatic heterocycles. The molecule has 2 fully saturated rings. The summed E-state index contributed by atoms with van der Waals surface area (Å²) in [5.74, 6) is 1.13. The van der Waals surface area contributed by atoms with Crippen molar-refractivity contribution >= 4 is 11.8 Å². The van der Waals surface area contributed by atoms with E-state index in [1.165, 1.54) is 0 Å². The van der Waals surface area contributed by atoms with E-state index in [0.717, 1.165) is 44.3 Å². The van der Waals surface area contributed by atoms with Gasteiger partial charge in [0.1, 0.15) is 0 Å². The molecule has 2 aliphatic rings. The van der Waals surface area contributed by atoms with Crippen molar-refractivity contribution in [1.29, 1.82) is 0 Å². The SMILES string of the molecule is CC[C@@H]1CN(C(=O)c2ccccc2)CC[C@H]1CC(=O)NC1CC1. The maximum atomic E-state index is 12.6. The van der Waals surface area contributed by atoms with Gasteiger partial charge in [-0.1, -0.05) is 31.5 Å². The minimum atomic E-state index is 0.116. The van der Waals surface area contributed by atoms with Crippen molar-refractivity contribution < 1.29 is 9.59 Å². The van der Waals surface area contributed by atoms with E-state index in [-0.39, 0.29) is 11.8 Å². The highest BCUT2D eigenvalue weighted by molar-refractivity contribution is 5.94. The number of benzene rings is 1. The normalized spacial score (nSPS) is 24.3. The molecule has 23 heavy (non-hydrogen) atoms. The number of carbonyl (C=O) groups excluding carboxylic acids is 2. The van der Waals surface area contributed by atoms with Crippen LogP contribution in [-0.4, -0.2) is 35.8 Å². The molecule has 1 aliphatic carbocycles. The average molecular weight is 314 g/mol. The van der Waals surface area contributed by atoms with Crippen LogP contribution in [0.2, 0.25) is 0 Å². The van der Waals surface area contributed by atoms with Gasteiger partial charge in [-0.3, -0.25) is 9.59 Å². The smallest absolute Gasteiger partial charge is 0.253 e. The number of rotatable bonds is 5. The van der Waals surface area contributed by atoms with Crippen LogP contribution < -0.4 is 5.32 Å². The van der Waals surface area contributed by atoms with E-state index >= 15 is 0 Å². The Morgan fingerprint density at radius 3 is 2.52 bits per heavy atom. The Kier molecular flexibility index (Phi) is 4.99. The van der Waals surface area contributed by atoms with Crippen LogP contribution in [0, 0.1) is 11.8 Å². The third-order valence-corrected chi connectivity index (χ3v) is 5.11. The summed E-state index contributed by atoms with van der Waals surface area (Å²) in [6.45, 7) is 3.68. The first-order valence-electron chi connectivity index (χ1n) is 8.81. The third kappa shape index (κ3) is 4.12. The Morgan fingerprint density at radius 1 is 1.13 bits per heavy atom. The number of nitrogens with zero attached hydrogens (tertiary/aromatic N) is 1. The molecule has 4 heteroatoms. The van der Waals surface area contributed by atoms with E-state index in [4.69, 9.17) is 0 Å².